The van der Waals surface area contributed by atoms with E-state index >= 15 is 0 Å². The molecule has 0 saturated heterocycles. The lowest BCUT2D eigenvalue weighted by Gasteiger charge is -2.34. The van der Waals surface area contributed by atoms with Crippen molar-refractivity contribution in [1.82, 2.24) is 10.0 Å². The van der Waals surface area contributed by atoms with Crippen LogP contribution in [0.5, 0.6) is 11.5 Å². The third-order valence-corrected chi connectivity index (χ3v) is 7.64. The Kier molecular flexibility index (Phi) is 8.33. The van der Waals surface area contributed by atoms with Crippen molar-refractivity contribution in [1.29, 1.82) is 0 Å². The quantitative estimate of drug-likeness (QED) is 0.434. The molecule has 3 aromatic carbocycles. The van der Waals surface area contributed by atoms with Gasteiger partial charge in [-0.3, -0.25) is 9.59 Å². The molecule has 0 aliphatic carbocycles. The zero-order valence-electron chi connectivity index (χ0n) is 21.5. The molecule has 0 bridgehead atoms. The third-order valence-electron chi connectivity index (χ3n) is 5.96. The summed E-state index contributed by atoms with van der Waals surface area (Å²) >= 11 is 0. The number of sulfonamides is 1. The van der Waals surface area contributed by atoms with Gasteiger partial charge >= 0.3 is 0 Å². The number of anilines is 1. The molecule has 2 amide bonds. The summed E-state index contributed by atoms with van der Waals surface area (Å²) < 4.78 is 39.6. The van der Waals surface area contributed by atoms with Crippen LogP contribution in [0.2, 0.25) is 0 Å². The molecule has 4 rings (SSSR count). The van der Waals surface area contributed by atoms with E-state index in [1.807, 2.05) is 30.3 Å². The van der Waals surface area contributed by atoms with Gasteiger partial charge in [-0.15, -0.1) is 0 Å². The maximum Gasteiger partial charge on any atom is 0.262 e. The van der Waals surface area contributed by atoms with E-state index in [2.05, 4.69) is 10.0 Å². The van der Waals surface area contributed by atoms with E-state index in [1.54, 1.807) is 38.1 Å². The lowest BCUT2D eigenvalue weighted by atomic mass is 10.1. The van der Waals surface area contributed by atoms with Crippen LogP contribution in [0.1, 0.15) is 29.8 Å². The minimum Gasteiger partial charge on any atom is -0.495 e. The Morgan fingerprint density at radius 2 is 1.76 bits per heavy atom. The van der Waals surface area contributed by atoms with E-state index in [0.717, 1.165) is 5.56 Å². The Hall–Kier alpha value is -3.89. The molecule has 0 saturated carbocycles. The first kappa shape index (κ1) is 27.2. The number of carbonyl (C=O) groups is 2. The van der Waals surface area contributed by atoms with E-state index in [9.17, 15) is 18.0 Å². The molecule has 3 aromatic rings. The molecule has 1 aliphatic rings. The van der Waals surface area contributed by atoms with Crippen LogP contribution < -0.4 is 24.4 Å². The maximum atomic E-state index is 13.7. The fourth-order valence-corrected chi connectivity index (χ4v) is 5.65. The zero-order valence-corrected chi connectivity index (χ0v) is 22.3. The Morgan fingerprint density at radius 1 is 1.05 bits per heavy atom. The first-order chi connectivity index (χ1) is 18.2. The van der Waals surface area contributed by atoms with E-state index in [-0.39, 0.29) is 34.7 Å². The average Bonchev–Trinajstić information content (AvgIpc) is 2.91. The highest BCUT2D eigenvalue weighted by molar-refractivity contribution is 7.89. The van der Waals surface area contributed by atoms with Crippen LogP contribution in [0.25, 0.3) is 0 Å². The highest BCUT2D eigenvalue weighted by Crippen LogP contribution is 2.35. The van der Waals surface area contributed by atoms with E-state index < -0.39 is 22.0 Å². The lowest BCUT2D eigenvalue weighted by Crippen LogP contribution is -2.51. The number of nitrogens with one attached hydrogen (secondary N) is 2. The fraction of sp³-hybridized carbons (Fsp3) is 0.286. The molecule has 0 fully saturated rings. The van der Waals surface area contributed by atoms with Crippen LogP contribution >= 0.6 is 0 Å². The second kappa shape index (κ2) is 11.7. The summed E-state index contributed by atoms with van der Waals surface area (Å²) in [6, 6.07) is 20.6. The van der Waals surface area contributed by atoms with Crippen LogP contribution in [-0.4, -0.2) is 52.6 Å². The standard InChI is InChI=1S/C28H31N3O6S/c1-19(2)30-38(34,35)26-17-21(13-14-24(26)36-3)28(33)31-18-25(37-23-12-8-7-11-22(23)31)27(32)29-16-15-20-9-5-4-6-10-20/h4-14,17,19,25,30H,15-16,18H2,1-3H3,(H,29,32)/t25-/m0/s1. The SMILES string of the molecule is COc1ccc(C(=O)N2C[C@@H](C(=O)NCCc3ccccc3)Oc3ccccc32)cc1S(=O)(=O)NC(C)C. The van der Waals surface area contributed by atoms with Crippen LogP contribution in [0.4, 0.5) is 5.69 Å². The first-order valence-electron chi connectivity index (χ1n) is 12.3. The van der Waals surface area contributed by atoms with E-state index in [1.165, 1.54) is 30.2 Å². The number of rotatable bonds is 9. The Labute approximate surface area is 222 Å². The molecule has 1 atom stereocenters. The van der Waals surface area contributed by atoms with Gasteiger partial charge in [0, 0.05) is 18.2 Å². The first-order valence-corrected chi connectivity index (χ1v) is 13.8. The predicted octanol–water partition coefficient (Wildman–Crippen LogP) is 3.15. The zero-order chi connectivity index (χ0) is 27.3. The molecule has 38 heavy (non-hydrogen) atoms. The molecule has 0 radical (unpaired) electrons. The minimum atomic E-state index is -3.94. The summed E-state index contributed by atoms with van der Waals surface area (Å²) in [7, 11) is -2.58. The van der Waals surface area contributed by atoms with Gasteiger partial charge in [-0.1, -0.05) is 42.5 Å². The number of hydrogen-bond acceptors (Lipinski definition) is 6. The Bertz CT molecular complexity index is 1410. The summed E-state index contributed by atoms with van der Waals surface area (Å²) in [5.74, 6) is -0.301. The second-order valence-corrected chi connectivity index (χ2v) is 10.8. The molecule has 0 spiro atoms. The number of hydrogen-bond donors (Lipinski definition) is 2. The highest BCUT2D eigenvalue weighted by Gasteiger charge is 2.35. The largest absolute Gasteiger partial charge is 0.495 e. The summed E-state index contributed by atoms with van der Waals surface area (Å²) in [5, 5.41) is 2.89. The van der Waals surface area contributed by atoms with Gasteiger partial charge in [0.15, 0.2) is 6.10 Å². The molecule has 10 heteroatoms. The van der Waals surface area contributed by atoms with Gasteiger partial charge in [-0.2, -0.15) is 0 Å². The number of benzene rings is 3. The number of amides is 2. The summed E-state index contributed by atoms with van der Waals surface area (Å²) in [6.45, 7) is 3.79. The van der Waals surface area contributed by atoms with Gasteiger partial charge in [-0.25, -0.2) is 13.1 Å². The van der Waals surface area contributed by atoms with Gasteiger partial charge in [-0.05, 0) is 56.2 Å². The molecule has 1 aliphatic heterocycles. The summed E-state index contributed by atoms with van der Waals surface area (Å²) in [6.07, 6.45) is -0.278. The molecule has 0 unspecified atom stereocenters. The van der Waals surface area contributed by atoms with Gasteiger partial charge in [0.05, 0.1) is 19.3 Å². The third kappa shape index (κ3) is 6.15. The molecule has 0 aromatic heterocycles. The van der Waals surface area contributed by atoms with Crippen molar-refractivity contribution in [3.63, 3.8) is 0 Å². The number of nitrogens with zero attached hydrogens (tertiary/aromatic N) is 1. The second-order valence-electron chi connectivity index (χ2n) is 9.16. The van der Waals surface area contributed by atoms with Crippen molar-refractivity contribution in [2.75, 3.05) is 25.1 Å². The molecule has 2 N–H and O–H groups in total. The molecule has 1 heterocycles. The average molecular weight is 538 g/mol. The van der Waals surface area contributed by atoms with E-state index in [4.69, 9.17) is 9.47 Å². The topological polar surface area (TPSA) is 114 Å². The highest BCUT2D eigenvalue weighted by atomic mass is 32.2. The minimum absolute atomic E-state index is 0.0363. The van der Waals surface area contributed by atoms with Crippen LogP contribution in [0, 0.1) is 0 Å². The van der Waals surface area contributed by atoms with Crippen molar-refractivity contribution in [2.45, 2.75) is 37.3 Å². The molecular formula is C28H31N3O6S. The van der Waals surface area contributed by atoms with Gasteiger partial charge < -0.3 is 19.7 Å². The van der Waals surface area contributed by atoms with Crippen molar-refractivity contribution in [3.8, 4) is 11.5 Å². The summed E-state index contributed by atoms with van der Waals surface area (Å²) in [4.78, 5) is 28.0. The Balaban J connectivity index is 1.58. The van der Waals surface area contributed by atoms with Gasteiger partial charge in [0.2, 0.25) is 10.0 Å². The maximum absolute atomic E-state index is 13.7. The van der Waals surface area contributed by atoms with Crippen molar-refractivity contribution in [3.05, 3.63) is 83.9 Å². The molecule has 200 valence electrons. The van der Waals surface area contributed by atoms with Crippen LogP contribution in [0.15, 0.2) is 77.7 Å². The lowest BCUT2D eigenvalue weighted by molar-refractivity contribution is -0.127. The predicted molar refractivity (Wildman–Crippen MR) is 144 cm³/mol. The van der Waals surface area contributed by atoms with Crippen molar-refractivity contribution >= 4 is 27.5 Å². The van der Waals surface area contributed by atoms with Crippen molar-refractivity contribution < 1.29 is 27.5 Å². The normalized spacial score (nSPS) is 14.9. The van der Waals surface area contributed by atoms with Crippen LogP contribution in [0.3, 0.4) is 0 Å². The van der Waals surface area contributed by atoms with Crippen LogP contribution in [-0.2, 0) is 21.2 Å². The monoisotopic (exact) mass is 537 g/mol. The Morgan fingerprint density at radius 3 is 2.47 bits per heavy atom. The fourth-order valence-electron chi connectivity index (χ4n) is 4.20. The number of methoxy groups -OCH3 is 1. The van der Waals surface area contributed by atoms with E-state index in [0.29, 0.717) is 24.4 Å². The molecule has 9 nitrogen and oxygen atoms in total. The summed E-state index contributed by atoms with van der Waals surface area (Å²) in [5.41, 5.74) is 1.72. The van der Waals surface area contributed by atoms with Gasteiger partial charge in [0.1, 0.15) is 16.4 Å². The number of carbonyl (C=O) groups excluding carboxylic acids is 2. The number of fused-ring (bicyclic) bond motifs is 1. The van der Waals surface area contributed by atoms with Crippen molar-refractivity contribution in [2.24, 2.45) is 0 Å². The molecular weight excluding hydrogens is 506 g/mol. The smallest absolute Gasteiger partial charge is 0.262 e. The number of para-hydroxylation sites is 2. The number of ether oxygens (including phenoxy) is 2. The van der Waals surface area contributed by atoms with Gasteiger partial charge in [0.25, 0.3) is 11.8 Å².